The van der Waals surface area contributed by atoms with Crippen LogP contribution >= 0.6 is 0 Å². The molecule has 1 heterocycles. The van der Waals surface area contributed by atoms with Crippen molar-refractivity contribution in [3.63, 3.8) is 0 Å². The maximum atomic E-state index is 9.12. The maximum absolute atomic E-state index is 9.12. The molecule has 14 heavy (non-hydrogen) atoms. The lowest BCUT2D eigenvalue weighted by molar-refractivity contribution is -0.0731. The summed E-state index contributed by atoms with van der Waals surface area (Å²) in [7, 11) is 1.66. The number of nitrogens with zero attached hydrogens (tertiary/aromatic N) is 1. The topological polar surface area (TPSA) is 32.7 Å². The Bertz CT molecular complexity index is 323. The first-order valence-electron chi connectivity index (χ1n) is 4.84. The van der Waals surface area contributed by atoms with Gasteiger partial charge in [-0.3, -0.25) is 0 Å². The first kappa shape index (κ1) is 9.65. The molecule has 3 heteroatoms. The van der Waals surface area contributed by atoms with E-state index in [4.69, 9.17) is 9.94 Å². The van der Waals surface area contributed by atoms with Crippen molar-refractivity contribution in [1.29, 1.82) is 0 Å². The molecule has 0 amide bonds. The zero-order chi connectivity index (χ0) is 9.97. The molecule has 0 fully saturated rings. The summed E-state index contributed by atoms with van der Waals surface area (Å²) in [6, 6.07) is 6.29. The van der Waals surface area contributed by atoms with E-state index in [1.165, 1.54) is 16.2 Å². The van der Waals surface area contributed by atoms with E-state index in [1.54, 1.807) is 7.05 Å². The van der Waals surface area contributed by atoms with E-state index in [0.29, 0.717) is 6.54 Å². The quantitative estimate of drug-likeness (QED) is 0.724. The van der Waals surface area contributed by atoms with E-state index in [9.17, 15) is 0 Å². The van der Waals surface area contributed by atoms with Crippen LogP contribution < -0.4 is 0 Å². The first-order chi connectivity index (χ1) is 6.75. The Morgan fingerprint density at radius 3 is 3.07 bits per heavy atom. The molecule has 1 aliphatic rings. The molecule has 0 saturated carbocycles. The van der Waals surface area contributed by atoms with E-state index in [0.717, 1.165) is 25.2 Å². The molecule has 0 atom stereocenters. The van der Waals surface area contributed by atoms with Gasteiger partial charge in [0.05, 0.1) is 13.2 Å². The Morgan fingerprint density at radius 1 is 1.43 bits per heavy atom. The van der Waals surface area contributed by atoms with Gasteiger partial charge < -0.3 is 9.94 Å². The Kier molecular flexibility index (Phi) is 2.82. The Labute approximate surface area is 83.9 Å². The molecule has 3 nitrogen and oxygen atoms in total. The van der Waals surface area contributed by atoms with Gasteiger partial charge in [0.25, 0.3) is 0 Å². The number of rotatable bonds is 2. The number of hydroxylamine groups is 2. The van der Waals surface area contributed by atoms with E-state index in [-0.39, 0.29) is 0 Å². The maximum Gasteiger partial charge on any atom is 0.0719 e. The molecular formula is C11H15NO2. The molecule has 0 aromatic heterocycles. The molecule has 0 spiro atoms. The van der Waals surface area contributed by atoms with Crippen molar-refractivity contribution < 1.29 is 9.94 Å². The van der Waals surface area contributed by atoms with Crippen molar-refractivity contribution in [2.45, 2.75) is 19.6 Å². The molecule has 0 saturated heterocycles. The van der Waals surface area contributed by atoms with Gasteiger partial charge in [0.2, 0.25) is 0 Å². The minimum atomic E-state index is 0.578. The van der Waals surface area contributed by atoms with E-state index < -0.39 is 0 Å². The highest BCUT2D eigenvalue weighted by Crippen LogP contribution is 2.18. The van der Waals surface area contributed by atoms with Gasteiger partial charge in [-0.25, -0.2) is 0 Å². The monoisotopic (exact) mass is 193 g/mol. The second-order valence-electron chi connectivity index (χ2n) is 3.72. The normalized spacial score (nSPS) is 15.6. The number of ether oxygens (including phenoxy) is 1. The largest absolute Gasteiger partial charge is 0.376 e. The highest BCUT2D eigenvalue weighted by Gasteiger charge is 2.09. The van der Waals surface area contributed by atoms with Gasteiger partial charge in [0.1, 0.15) is 0 Å². The average molecular weight is 193 g/mol. The molecule has 0 aliphatic carbocycles. The fourth-order valence-corrected chi connectivity index (χ4v) is 1.78. The van der Waals surface area contributed by atoms with Gasteiger partial charge in [-0.2, -0.15) is 5.06 Å². The molecular weight excluding hydrogens is 178 g/mol. The van der Waals surface area contributed by atoms with Crippen LogP contribution in [0.15, 0.2) is 18.2 Å². The summed E-state index contributed by atoms with van der Waals surface area (Å²) >= 11 is 0. The summed E-state index contributed by atoms with van der Waals surface area (Å²) in [6.07, 6.45) is 0.984. The lowest BCUT2D eigenvalue weighted by Gasteiger charge is -2.18. The summed E-state index contributed by atoms with van der Waals surface area (Å²) in [5.74, 6) is 0. The van der Waals surface area contributed by atoms with Crippen LogP contribution in [0.25, 0.3) is 0 Å². The number of benzene rings is 1. The second kappa shape index (κ2) is 4.09. The zero-order valence-corrected chi connectivity index (χ0v) is 8.36. The number of hydrogen-bond donors (Lipinski definition) is 1. The van der Waals surface area contributed by atoms with Gasteiger partial charge in [-0.1, -0.05) is 18.2 Å². The van der Waals surface area contributed by atoms with Crippen LogP contribution in [0.5, 0.6) is 0 Å². The predicted molar refractivity (Wildman–Crippen MR) is 53.1 cm³/mol. The van der Waals surface area contributed by atoms with Gasteiger partial charge in [-0.15, -0.1) is 0 Å². The molecule has 1 aliphatic heterocycles. The van der Waals surface area contributed by atoms with Crippen LogP contribution in [-0.2, 0) is 24.3 Å². The SMILES string of the molecule is CN(O)Cc1ccc2c(c1)CCOC2. The Morgan fingerprint density at radius 2 is 2.29 bits per heavy atom. The van der Waals surface area contributed by atoms with Crippen LogP contribution in [-0.4, -0.2) is 23.9 Å². The Balaban J connectivity index is 2.20. The van der Waals surface area contributed by atoms with Crippen LogP contribution in [0.1, 0.15) is 16.7 Å². The van der Waals surface area contributed by atoms with Crippen molar-refractivity contribution >= 4 is 0 Å². The van der Waals surface area contributed by atoms with Gasteiger partial charge in [0, 0.05) is 13.6 Å². The lowest BCUT2D eigenvalue weighted by atomic mass is 10.0. The molecule has 76 valence electrons. The van der Waals surface area contributed by atoms with Crippen molar-refractivity contribution in [2.24, 2.45) is 0 Å². The predicted octanol–water partition coefficient (Wildman–Crippen LogP) is 1.58. The van der Waals surface area contributed by atoms with E-state index >= 15 is 0 Å². The minimum Gasteiger partial charge on any atom is -0.376 e. The van der Waals surface area contributed by atoms with E-state index in [1.807, 2.05) is 6.07 Å². The third-order valence-electron chi connectivity index (χ3n) is 2.46. The molecule has 1 aromatic carbocycles. The highest BCUT2D eigenvalue weighted by molar-refractivity contribution is 5.32. The second-order valence-corrected chi connectivity index (χ2v) is 3.72. The zero-order valence-electron chi connectivity index (χ0n) is 8.36. The van der Waals surface area contributed by atoms with Gasteiger partial charge in [-0.05, 0) is 23.1 Å². The standard InChI is InChI=1S/C11H15NO2/c1-12(13)7-9-2-3-11-8-14-5-4-10(11)6-9/h2-3,6,13H,4-5,7-8H2,1H3. The fraction of sp³-hybridized carbons (Fsp3) is 0.455. The number of fused-ring (bicyclic) bond motifs is 1. The summed E-state index contributed by atoms with van der Waals surface area (Å²) in [4.78, 5) is 0. The van der Waals surface area contributed by atoms with Crippen LogP contribution in [0.4, 0.5) is 0 Å². The fourth-order valence-electron chi connectivity index (χ4n) is 1.78. The summed E-state index contributed by atoms with van der Waals surface area (Å²) in [5, 5.41) is 10.3. The summed E-state index contributed by atoms with van der Waals surface area (Å²) < 4.78 is 5.36. The van der Waals surface area contributed by atoms with Crippen molar-refractivity contribution in [3.8, 4) is 0 Å². The third kappa shape index (κ3) is 2.12. The van der Waals surface area contributed by atoms with Crippen molar-refractivity contribution in [3.05, 3.63) is 34.9 Å². The lowest BCUT2D eigenvalue weighted by Crippen LogP contribution is -2.14. The molecule has 0 radical (unpaired) electrons. The summed E-state index contributed by atoms with van der Waals surface area (Å²) in [5.41, 5.74) is 3.78. The van der Waals surface area contributed by atoms with Crippen LogP contribution in [0.2, 0.25) is 0 Å². The van der Waals surface area contributed by atoms with E-state index in [2.05, 4.69) is 12.1 Å². The minimum absolute atomic E-state index is 0.578. The molecule has 1 N–H and O–H groups in total. The van der Waals surface area contributed by atoms with Crippen molar-refractivity contribution in [2.75, 3.05) is 13.7 Å². The first-order valence-corrected chi connectivity index (χ1v) is 4.84. The average Bonchev–Trinajstić information content (AvgIpc) is 2.17. The molecule has 1 aromatic rings. The molecule has 0 bridgehead atoms. The molecule has 0 unspecified atom stereocenters. The van der Waals surface area contributed by atoms with Crippen molar-refractivity contribution in [1.82, 2.24) is 5.06 Å². The third-order valence-corrected chi connectivity index (χ3v) is 2.46. The van der Waals surface area contributed by atoms with Crippen LogP contribution in [0, 0.1) is 0 Å². The highest BCUT2D eigenvalue weighted by atomic mass is 16.5. The van der Waals surface area contributed by atoms with Gasteiger partial charge in [0.15, 0.2) is 0 Å². The van der Waals surface area contributed by atoms with Gasteiger partial charge >= 0.3 is 0 Å². The molecule has 2 rings (SSSR count). The van der Waals surface area contributed by atoms with Crippen LogP contribution in [0.3, 0.4) is 0 Å². The number of hydrogen-bond acceptors (Lipinski definition) is 3. The summed E-state index contributed by atoms with van der Waals surface area (Å²) in [6.45, 7) is 2.12. The Hall–Kier alpha value is -0.900. The smallest absolute Gasteiger partial charge is 0.0719 e.